The highest BCUT2D eigenvalue weighted by Crippen LogP contribution is 2.15. The predicted octanol–water partition coefficient (Wildman–Crippen LogP) is 0.106. The first-order chi connectivity index (χ1) is 8.54. The van der Waals surface area contributed by atoms with Crippen LogP contribution in [0.1, 0.15) is 15.9 Å². The first-order valence-electron chi connectivity index (χ1n) is 5.32. The van der Waals surface area contributed by atoms with Gasteiger partial charge in [0.2, 0.25) is 0 Å². The highest BCUT2D eigenvalue weighted by Gasteiger charge is 2.10. The Morgan fingerprint density at radius 1 is 1.39 bits per heavy atom. The molecule has 0 atom stereocenters. The lowest BCUT2D eigenvalue weighted by atomic mass is 10.1. The van der Waals surface area contributed by atoms with Crippen LogP contribution in [-0.4, -0.2) is 25.2 Å². The molecule has 0 unspecified atom stereocenters. The average Bonchev–Trinajstić information content (AvgIpc) is 2.34. The minimum absolute atomic E-state index is 0.0261. The van der Waals surface area contributed by atoms with Crippen LogP contribution in [0.15, 0.2) is 18.2 Å². The Labute approximate surface area is 104 Å². The van der Waals surface area contributed by atoms with Crippen molar-refractivity contribution in [1.29, 1.82) is 0 Å². The van der Waals surface area contributed by atoms with Crippen molar-refractivity contribution in [2.75, 3.05) is 18.6 Å². The number of aryl methyl sites for hydroxylation is 1. The highest BCUT2D eigenvalue weighted by molar-refractivity contribution is 5.99. The molecule has 1 aromatic carbocycles. The van der Waals surface area contributed by atoms with Crippen LogP contribution >= 0.6 is 0 Å². The summed E-state index contributed by atoms with van der Waals surface area (Å²) in [7, 11) is 0. The van der Waals surface area contributed by atoms with Crippen molar-refractivity contribution in [2.24, 2.45) is 11.6 Å². The second-order valence-corrected chi connectivity index (χ2v) is 3.62. The molecule has 0 aliphatic rings. The maximum atomic E-state index is 11.8. The number of nitrogen functional groups attached to an aromatic ring is 1. The summed E-state index contributed by atoms with van der Waals surface area (Å²) in [5.41, 5.74) is 9.12. The van der Waals surface area contributed by atoms with Crippen molar-refractivity contribution in [3.8, 4) is 0 Å². The molecule has 7 heteroatoms. The van der Waals surface area contributed by atoms with Gasteiger partial charge >= 0.3 is 6.09 Å². The number of nitrogens with one attached hydrogen (secondary N) is 2. The number of carbonyl (C=O) groups excluding carboxylic acids is 2. The Morgan fingerprint density at radius 3 is 2.72 bits per heavy atom. The van der Waals surface area contributed by atoms with Gasteiger partial charge in [-0.15, -0.1) is 0 Å². The van der Waals surface area contributed by atoms with Gasteiger partial charge in [-0.05, 0) is 19.1 Å². The van der Waals surface area contributed by atoms with E-state index in [1.807, 2.05) is 13.0 Å². The number of benzene rings is 1. The molecular weight excluding hydrogens is 236 g/mol. The third-order valence-corrected chi connectivity index (χ3v) is 2.21. The van der Waals surface area contributed by atoms with Gasteiger partial charge in [-0.25, -0.2) is 4.79 Å². The number of hydrazine groups is 1. The van der Waals surface area contributed by atoms with Gasteiger partial charge in [-0.3, -0.25) is 10.6 Å². The molecule has 0 saturated heterocycles. The van der Waals surface area contributed by atoms with E-state index in [2.05, 4.69) is 15.5 Å². The maximum absolute atomic E-state index is 11.8. The van der Waals surface area contributed by atoms with E-state index < -0.39 is 6.09 Å². The van der Waals surface area contributed by atoms with Crippen LogP contribution in [0.25, 0.3) is 0 Å². The summed E-state index contributed by atoms with van der Waals surface area (Å²) in [6, 6.07) is 5.26. The zero-order chi connectivity index (χ0) is 13.5. The number of hydrogen-bond donors (Lipinski definition) is 4. The van der Waals surface area contributed by atoms with Crippen LogP contribution in [0.2, 0.25) is 0 Å². The van der Waals surface area contributed by atoms with Crippen LogP contribution < -0.4 is 22.3 Å². The lowest BCUT2D eigenvalue weighted by molar-refractivity contribution is 0.0937. The molecule has 0 heterocycles. The van der Waals surface area contributed by atoms with Gasteiger partial charge in [0.1, 0.15) is 6.61 Å². The van der Waals surface area contributed by atoms with Crippen molar-refractivity contribution >= 4 is 17.7 Å². The normalized spacial score (nSPS) is 9.67. The van der Waals surface area contributed by atoms with E-state index in [9.17, 15) is 9.59 Å². The van der Waals surface area contributed by atoms with E-state index in [0.717, 1.165) is 5.56 Å². The Morgan fingerprint density at radius 2 is 2.11 bits per heavy atom. The van der Waals surface area contributed by atoms with Crippen LogP contribution in [0.3, 0.4) is 0 Å². The molecule has 98 valence electrons. The third kappa shape index (κ3) is 3.95. The van der Waals surface area contributed by atoms with Gasteiger partial charge in [-0.2, -0.15) is 0 Å². The van der Waals surface area contributed by atoms with Gasteiger partial charge < -0.3 is 21.2 Å². The zero-order valence-electron chi connectivity index (χ0n) is 10.0. The summed E-state index contributed by atoms with van der Waals surface area (Å²) in [5.74, 6) is 5.01. The second kappa shape index (κ2) is 6.45. The Hall–Kier alpha value is -2.28. The Balaban J connectivity index is 2.60. The number of carbonyl (C=O) groups is 2. The predicted molar refractivity (Wildman–Crippen MR) is 66.9 cm³/mol. The van der Waals surface area contributed by atoms with Crippen LogP contribution in [0, 0.1) is 6.92 Å². The van der Waals surface area contributed by atoms with Crippen molar-refractivity contribution in [1.82, 2.24) is 5.32 Å². The molecule has 1 rings (SSSR count). The first kappa shape index (κ1) is 13.8. The number of primary amides is 1. The van der Waals surface area contributed by atoms with E-state index in [1.165, 1.54) is 0 Å². The number of rotatable bonds is 5. The molecule has 1 aromatic rings. The lowest BCUT2D eigenvalue weighted by Crippen LogP contribution is -2.30. The fourth-order valence-corrected chi connectivity index (χ4v) is 1.38. The molecule has 6 N–H and O–H groups in total. The standard InChI is InChI=1S/C11H16N4O3/c1-7-2-3-9(15-13)8(6-7)10(16)14-4-5-18-11(12)17/h2-3,6,15H,4-5,13H2,1H3,(H2,12,17)(H,14,16). The van der Waals surface area contributed by atoms with E-state index in [0.29, 0.717) is 11.3 Å². The van der Waals surface area contributed by atoms with Gasteiger partial charge in [0.15, 0.2) is 0 Å². The summed E-state index contributed by atoms with van der Waals surface area (Å²) in [6.45, 7) is 2.07. The topological polar surface area (TPSA) is 119 Å². The third-order valence-electron chi connectivity index (χ3n) is 2.21. The number of hydrogen-bond acceptors (Lipinski definition) is 5. The smallest absolute Gasteiger partial charge is 0.404 e. The van der Waals surface area contributed by atoms with Crippen molar-refractivity contribution in [3.05, 3.63) is 29.3 Å². The molecule has 0 spiro atoms. The van der Waals surface area contributed by atoms with E-state index >= 15 is 0 Å². The lowest BCUT2D eigenvalue weighted by Gasteiger charge is -2.10. The Kier molecular flexibility index (Phi) is 4.94. The minimum atomic E-state index is -0.871. The van der Waals surface area contributed by atoms with E-state index in [4.69, 9.17) is 11.6 Å². The van der Waals surface area contributed by atoms with Gasteiger partial charge in [-0.1, -0.05) is 11.6 Å². The Bertz CT molecular complexity index is 448. The fraction of sp³-hybridized carbons (Fsp3) is 0.273. The van der Waals surface area contributed by atoms with Crippen LogP contribution in [0.4, 0.5) is 10.5 Å². The summed E-state index contributed by atoms with van der Waals surface area (Å²) in [4.78, 5) is 22.2. The number of amides is 2. The SMILES string of the molecule is Cc1ccc(NN)c(C(=O)NCCOC(N)=O)c1. The largest absolute Gasteiger partial charge is 0.448 e. The molecule has 2 amide bonds. The van der Waals surface area contributed by atoms with Crippen molar-refractivity contribution < 1.29 is 14.3 Å². The van der Waals surface area contributed by atoms with E-state index in [-0.39, 0.29) is 19.1 Å². The highest BCUT2D eigenvalue weighted by atomic mass is 16.5. The van der Waals surface area contributed by atoms with Gasteiger partial charge in [0.05, 0.1) is 17.8 Å². The summed E-state index contributed by atoms with van der Waals surface area (Å²) in [6.07, 6.45) is -0.871. The number of anilines is 1. The second-order valence-electron chi connectivity index (χ2n) is 3.62. The molecule has 0 aromatic heterocycles. The number of ether oxygens (including phenoxy) is 1. The quantitative estimate of drug-likeness (QED) is 0.337. The van der Waals surface area contributed by atoms with E-state index in [1.54, 1.807) is 12.1 Å². The summed E-state index contributed by atoms with van der Waals surface area (Å²) >= 11 is 0. The minimum Gasteiger partial charge on any atom is -0.448 e. The molecular formula is C11H16N4O3. The molecule has 0 bridgehead atoms. The molecule has 0 aliphatic carbocycles. The molecule has 18 heavy (non-hydrogen) atoms. The molecule has 7 nitrogen and oxygen atoms in total. The molecule has 0 saturated carbocycles. The molecule has 0 aliphatic heterocycles. The molecule has 0 radical (unpaired) electrons. The average molecular weight is 252 g/mol. The summed E-state index contributed by atoms with van der Waals surface area (Å²) in [5, 5.41) is 2.59. The molecule has 0 fully saturated rings. The maximum Gasteiger partial charge on any atom is 0.404 e. The number of nitrogens with two attached hydrogens (primary N) is 2. The monoisotopic (exact) mass is 252 g/mol. The van der Waals surface area contributed by atoms with Crippen LogP contribution in [-0.2, 0) is 4.74 Å². The van der Waals surface area contributed by atoms with Crippen molar-refractivity contribution in [2.45, 2.75) is 6.92 Å². The van der Waals surface area contributed by atoms with Crippen LogP contribution in [0.5, 0.6) is 0 Å². The summed E-state index contributed by atoms with van der Waals surface area (Å²) < 4.78 is 4.49. The first-order valence-corrected chi connectivity index (χ1v) is 5.32. The zero-order valence-corrected chi connectivity index (χ0v) is 10.0. The fourth-order valence-electron chi connectivity index (χ4n) is 1.38. The van der Waals surface area contributed by atoms with Gasteiger partial charge in [0.25, 0.3) is 5.91 Å². The van der Waals surface area contributed by atoms with Crippen molar-refractivity contribution in [3.63, 3.8) is 0 Å². The van der Waals surface area contributed by atoms with Gasteiger partial charge in [0, 0.05) is 0 Å².